The Balaban J connectivity index is 1.64. The van der Waals surface area contributed by atoms with Crippen molar-refractivity contribution in [3.05, 3.63) is 64.8 Å². The molecule has 8 nitrogen and oxygen atoms in total. The number of rotatable bonds is 4. The van der Waals surface area contributed by atoms with Gasteiger partial charge in [-0.1, -0.05) is 17.3 Å². The van der Waals surface area contributed by atoms with Gasteiger partial charge in [-0.15, -0.1) is 18.3 Å². The highest BCUT2D eigenvalue weighted by Crippen LogP contribution is 2.26. The minimum atomic E-state index is -4.75. The smallest absolute Gasteiger partial charge is 0.406 e. The first kappa shape index (κ1) is 17.8. The molecule has 144 valence electrons. The van der Waals surface area contributed by atoms with Crippen molar-refractivity contribution in [1.29, 1.82) is 0 Å². The molecule has 0 atom stereocenters. The Morgan fingerprint density at radius 2 is 1.82 bits per heavy atom. The minimum absolute atomic E-state index is 0.0522. The highest BCUT2D eigenvalue weighted by molar-refractivity contribution is 5.65. The first-order valence-electron chi connectivity index (χ1n) is 8.03. The predicted molar refractivity (Wildman–Crippen MR) is 89.7 cm³/mol. The lowest BCUT2D eigenvalue weighted by atomic mass is 10.1. The standard InChI is InChI=1S/C17H12F3N5O3/c1-10-21-14(23-28-10)9-25-16(26)24-8-12(4-7-15(24)22-25)11-2-5-13(6-3-11)27-17(18,19)20/h2-8H,9H2,1H3. The van der Waals surface area contributed by atoms with Crippen molar-refractivity contribution in [2.45, 2.75) is 19.8 Å². The maximum atomic E-state index is 12.6. The van der Waals surface area contributed by atoms with E-state index in [0.717, 1.165) is 0 Å². The Morgan fingerprint density at radius 3 is 2.46 bits per heavy atom. The maximum Gasteiger partial charge on any atom is 0.573 e. The molecular weight excluding hydrogens is 379 g/mol. The highest BCUT2D eigenvalue weighted by atomic mass is 19.4. The molecule has 1 aromatic carbocycles. The SMILES string of the molecule is Cc1nc(Cn2nc3ccc(-c4ccc(OC(F)(F)F)cc4)cn3c2=O)no1. The van der Waals surface area contributed by atoms with E-state index in [1.54, 1.807) is 25.3 Å². The molecule has 3 aromatic heterocycles. The lowest BCUT2D eigenvalue weighted by Crippen LogP contribution is -2.22. The highest BCUT2D eigenvalue weighted by Gasteiger charge is 2.30. The second kappa shape index (κ2) is 6.51. The third-order valence-electron chi connectivity index (χ3n) is 3.86. The zero-order chi connectivity index (χ0) is 19.9. The predicted octanol–water partition coefficient (Wildman–Crippen LogP) is 2.80. The van der Waals surface area contributed by atoms with E-state index in [2.05, 4.69) is 20.0 Å². The van der Waals surface area contributed by atoms with Gasteiger partial charge in [0.2, 0.25) is 5.89 Å². The van der Waals surface area contributed by atoms with E-state index >= 15 is 0 Å². The molecule has 0 N–H and O–H groups in total. The quantitative estimate of drug-likeness (QED) is 0.532. The first-order valence-corrected chi connectivity index (χ1v) is 8.03. The van der Waals surface area contributed by atoms with E-state index in [9.17, 15) is 18.0 Å². The van der Waals surface area contributed by atoms with Gasteiger partial charge >= 0.3 is 12.1 Å². The van der Waals surface area contributed by atoms with Gasteiger partial charge < -0.3 is 9.26 Å². The zero-order valence-corrected chi connectivity index (χ0v) is 14.3. The number of hydrogen-bond donors (Lipinski definition) is 0. The van der Waals surface area contributed by atoms with E-state index < -0.39 is 12.1 Å². The Kier molecular flexibility index (Phi) is 4.13. The summed E-state index contributed by atoms with van der Waals surface area (Å²) in [5.41, 5.74) is 1.25. The van der Waals surface area contributed by atoms with Crippen molar-refractivity contribution in [2.75, 3.05) is 0 Å². The summed E-state index contributed by atoms with van der Waals surface area (Å²) in [6.45, 7) is 1.69. The fraction of sp³-hybridized carbons (Fsp3) is 0.176. The Hall–Kier alpha value is -3.63. The molecule has 0 aliphatic rings. The van der Waals surface area contributed by atoms with Crippen LogP contribution in [0.3, 0.4) is 0 Å². The number of ether oxygens (including phenoxy) is 1. The van der Waals surface area contributed by atoms with E-state index in [0.29, 0.717) is 28.5 Å². The summed E-state index contributed by atoms with van der Waals surface area (Å²) in [4.78, 5) is 16.6. The van der Waals surface area contributed by atoms with Crippen LogP contribution in [-0.4, -0.2) is 30.7 Å². The van der Waals surface area contributed by atoms with E-state index in [1.807, 2.05) is 0 Å². The van der Waals surface area contributed by atoms with Gasteiger partial charge in [-0.05, 0) is 35.4 Å². The molecule has 0 radical (unpaired) electrons. The number of halogens is 3. The topological polar surface area (TPSA) is 87.5 Å². The number of aromatic nitrogens is 5. The van der Waals surface area contributed by atoms with Crippen LogP contribution in [-0.2, 0) is 6.54 Å². The lowest BCUT2D eigenvalue weighted by Gasteiger charge is -2.09. The van der Waals surface area contributed by atoms with Crippen LogP contribution in [0, 0.1) is 6.92 Å². The van der Waals surface area contributed by atoms with Crippen molar-refractivity contribution in [3.8, 4) is 16.9 Å². The second-order valence-corrected chi connectivity index (χ2v) is 5.89. The molecule has 0 aliphatic carbocycles. The molecule has 3 heterocycles. The fourth-order valence-electron chi connectivity index (χ4n) is 2.68. The molecule has 11 heteroatoms. The van der Waals surface area contributed by atoms with Crippen LogP contribution in [0.5, 0.6) is 5.75 Å². The van der Waals surface area contributed by atoms with Crippen LogP contribution < -0.4 is 10.4 Å². The summed E-state index contributed by atoms with van der Waals surface area (Å²) in [7, 11) is 0. The minimum Gasteiger partial charge on any atom is -0.406 e. The van der Waals surface area contributed by atoms with Gasteiger partial charge in [0.25, 0.3) is 0 Å². The number of aryl methyl sites for hydroxylation is 1. The van der Waals surface area contributed by atoms with Crippen molar-refractivity contribution >= 4 is 5.65 Å². The third-order valence-corrected chi connectivity index (χ3v) is 3.86. The molecule has 0 spiro atoms. The van der Waals surface area contributed by atoms with Gasteiger partial charge in [0, 0.05) is 13.1 Å². The number of nitrogens with zero attached hydrogens (tertiary/aromatic N) is 5. The number of alkyl halides is 3. The Bertz CT molecular complexity index is 1190. The van der Waals surface area contributed by atoms with Gasteiger partial charge in [-0.2, -0.15) is 4.98 Å². The van der Waals surface area contributed by atoms with E-state index in [1.165, 1.54) is 33.3 Å². The summed E-state index contributed by atoms with van der Waals surface area (Å²) in [5, 5.41) is 7.94. The van der Waals surface area contributed by atoms with Gasteiger partial charge in [-0.25, -0.2) is 13.9 Å². The first-order chi connectivity index (χ1) is 13.3. The monoisotopic (exact) mass is 391 g/mol. The summed E-state index contributed by atoms with van der Waals surface area (Å²) in [6, 6.07) is 8.70. The second-order valence-electron chi connectivity index (χ2n) is 5.89. The maximum absolute atomic E-state index is 12.6. The fourth-order valence-corrected chi connectivity index (χ4v) is 2.68. The van der Waals surface area contributed by atoms with Crippen LogP contribution in [0.1, 0.15) is 11.7 Å². The molecule has 0 saturated carbocycles. The van der Waals surface area contributed by atoms with Crippen LogP contribution in [0.15, 0.2) is 51.9 Å². The van der Waals surface area contributed by atoms with Crippen LogP contribution in [0.2, 0.25) is 0 Å². The van der Waals surface area contributed by atoms with Gasteiger partial charge in [0.1, 0.15) is 12.3 Å². The largest absolute Gasteiger partial charge is 0.573 e. The van der Waals surface area contributed by atoms with Crippen molar-refractivity contribution in [2.24, 2.45) is 0 Å². The summed E-state index contributed by atoms with van der Waals surface area (Å²) >= 11 is 0. The van der Waals surface area contributed by atoms with Gasteiger partial charge in [0.05, 0.1) is 0 Å². The third kappa shape index (κ3) is 3.59. The Morgan fingerprint density at radius 1 is 1.11 bits per heavy atom. The molecule has 28 heavy (non-hydrogen) atoms. The van der Waals surface area contributed by atoms with Crippen molar-refractivity contribution in [3.63, 3.8) is 0 Å². The number of hydrogen-bond acceptors (Lipinski definition) is 6. The number of benzene rings is 1. The average Bonchev–Trinajstić information content (AvgIpc) is 3.18. The van der Waals surface area contributed by atoms with E-state index in [-0.39, 0.29) is 12.3 Å². The normalized spacial score (nSPS) is 11.9. The zero-order valence-electron chi connectivity index (χ0n) is 14.3. The summed E-state index contributed by atoms with van der Waals surface area (Å²) < 4.78 is 48.0. The molecule has 0 aliphatic heterocycles. The summed E-state index contributed by atoms with van der Waals surface area (Å²) in [5.74, 6) is 0.383. The van der Waals surface area contributed by atoms with Crippen LogP contribution >= 0.6 is 0 Å². The number of pyridine rings is 1. The molecule has 4 aromatic rings. The summed E-state index contributed by atoms with van der Waals surface area (Å²) in [6.07, 6.45) is -3.19. The van der Waals surface area contributed by atoms with E-state index in [4.69, 9.17) is 4.52 Å². The van der Waals surface area contributed by atoms with Crippen LogP contribution in [0.25, 0.3) is 16.8 Å². The number of fused-ring (bicyclic) bond motifs is 1. The molecule has 0 fully saturated rings. The Labute approximate surface area is 154 Å². The van der Waals surface area contributed by atoms with Gasteiger partial charge in [-0.3, -0.25) is 0 Å². The molecule has 0 bridgehead atoms. The van der Waals surface area contributed by atoms with Crippen LogP contribution in [0.4, 0.5) is 13.2 Å². The molecule has 0 saturated heterocycles. The molecule has 0 amide bonds. The van der Waals surface area contributed by atoms with Crippen molar-refractivity contribution < 1.29 is 22.4 Å². The van der Waals surface area contributed by atoms with Gasteiger partial charge in [0.15, 0.2) is 11.5 Å². The molecule has 0 unspecified atom stereocenters. The van der Waals surface area contributed by atoms with Crippen molar-refractivity contribution in [1.82, 2.24) is 24.3 Å². The average molecular weight is 391 g/mol. The molecular formula is C17H12F3N5O3. The molecule has 4 rings (SSSR count). The lowest BCUT2D eigenvalue weighted by molar-refractivity contribution is -0.274.